The molecule has 55 valence electrons. The van der Waals surface area contributed by atoms with E-state index < -0.39 is 8.11 Å². The van der Waals surface area contributed by atoms with Gasteiger partial charge in [0.15, 0.2) is 0 Å². The zero-order valence-corrected chi connectivity index (χ0v) is 11.7. The number of halogens is 1. The second-order valence-corrected chi connectivity index (χ2v) is 12.2. The molecular formula is C6H16ClSiSn. The molecule has 0 saturated heterocycles. The molecule has 0 N–H and O–H groups in total. The Morgan fingerprint density at radius 3 is 1.22 bits per heavy atom. The zero-order chi connectivity index (χ0) is 8.08. The molecule has 0 rings (SSSR count). The fourth-order valence-corrected chi connectivity index (χ4v) is 0. The summed E-state index contributed by atoms with van der Waals surface area (Å²) in [5.41, 5.74) is 0. The van der Waals surface area contributed by atoms with Crippen molar-refractivity contribution in [1.82, 2.24) is 0 Å². The van der Waals surface area contributed by atoms with Crippen molar-refractivity contribution in [3.63, 3.8) is 0 Å². The topological polar surface area (TPSA) is 0 Å². The van der Waals surface area contributed by atoms with Gasteiger partial charge in [0.25, 0.3) is 0 Å². The molecule has 0 aliphatic heterocycles. The molecule has 0 aliphatic rings. The largest absolute Gasteiger partial charge is 0.172 e. The van der Waals surface area contributed by atoms with E-state index in [1.54, 1.807) is 22.5 Å². The summed E-state index contributed by atoms with van der Waals surface area (Å²) in [5, 5.41) is 0. The van der Waals surface area contributed by atoms with E-state index in [0.717, 1.165) is 0 Å². The predicted octanol–water partition coefficient (Wildman–Crippen LogP) is 2.58. The van der Waals surface area contributed by atoms with Gasteiger partial charge in [-0.1, -0.05) is 13.1 Å². The van der Waals surface area contributed by atoms with Crippen LogP contribution in [0.3, 0.4) is 0 Å². The third kappa shape index (κ3) is 291. The van der Waals surface area contributed by atoms with Crippen LogP contribution >= 0.6 is 11.1 Å². The van der Waals surface area contributed by atoms with Crippen LogP contribution < -0.4 is 0 Å². The monoisotopic (exact) mass is 271 g/mol. The molecule has 0 amide bonds. The van der Waals surface area contributed by atoms with E-state index in [9.17, 15) is 0 Å². The third-order valence-electron chi connectivity index (χ3n) is 0. The second kappa shape index (κ2) is 6.04. The molecule has 0 aliphatic carbocycles. The molecule has 0 bridgehead atoms. The van der Waals surface area contributed by atoms with Gasteiger partial charge in [-0.2, -0.15) is 11.1 Å². The SMILES string of the molecule is C[C](C)(C)[Sn].C[SiH](C)Cl. The molecule has 0 spiro atoms. The van der Waals surface area contributed by atoms with Crippen molar-refractivity contribution in [2.45, 2.75) is 37.3 Å². The molecule has 0 saturated carbocycles. The normalized spacial score (nSPS) is 10.7. The Morgan fingerprint density at radius 2 is 1.22 bits per heavy atom. The van der Waals surface area contributed by atoms with Crippen molar-refractivity contribution in [2.75, 3.05) is 0 Å². The Bertz CT molecular complexity index is 49.8. The van der Waals surface area contributed by atoms with Crippen molar-refractivity contribution in [3.05, 3.63) is 0 Å². The summed E-state index contributed by atoms with van der Waals surface area (Å²) in [5.74, 6) is 0. The van der Waals surface area contributed by atoms with Crippen molar-refractivity contribution < 1.29 is 0 Å². The third-order valence-corrected chi connectivity index (χ3v) is 0. The van der Waals surface area contributed by atoms with E-state index in [-0.39, 0.29) is 0 Å². The minimum absolute atomic E-state index is 0.590. The van der Waals surface area contributed by atoms with Gasteiger partial charge in [-0.3, -0.25) is 0 Å². The van der Waals surface area contributed by atoms with Crippen LogP contribution in [0.1, 0.15) is 20.8 Å². The molecular weight excluding hydrogens is 254 g/mol. The first kappa shape index (κ1) is 12.9. The van der Waals surface area contributed by atoms with Crippen LogP contribution in [0.5, 0.6) is 0 Å². The predicted molar refractivity (Wildman–Crippen MR) is 50.2 cm³/mol. The Kier molecular flexibility index (Phi) is 8.69. The maximum Gasteiger partial charge on any atom is 0.134 e. The van der Waals surface area contributed by atoms with E-state index in [1.807, 2.05) is 0 Å². The molecule has 0 nitrogen and oxygen atoms in total. The van der Waals surface area contributed by atoms with E-state index in [4.69, 9.17) is 11.1 Å². The average Bonchev–Trinajstić information content (AvgIpc) is 1.19. The van der Waals surface area contributed by atoms with Gasteiger partial charge in [0, 0.05) is 0 Å². The standard InChI is InChI=1S/C4H9.C2H7ClSi.Sn/c2*1-4(2)3;/h1-3H3;4H,1-2H3;. The molecule has 0 heterocycles. The maximum atomic E-state index is 5.41. The molecule has 3 radical (unpaired) electrons. The first-order chi connectivity index (χ1) is 3.73. The Balaban J connectivity index is 0. The summed E-state index contributed by atoms with van der Waals surface area (Å²) in [4.78, 5) is 0. The molecule has 3 heteroatoms. The van der Waals surface area contributed by atoms with E-state index in [2.05, 4.69) is 33.9 Å². The van der Waals surface area contributed by atoms with Crippen LogP contribution in [0, 0.1) is 0 Å². The van der Waals surface area contributed by atoms with Gasteiger partial charge in [-0.05, 0) is 0 Å². The summed E-state index contributed by atoms with van der Waals surface area (Å²) < 4.78 is 0.590. The van der Waals surface area contributed by atoms with Crippen molar-refractivity contribution in [3.8, 4) is 0 Å². The Morgan fingerprint density at radius 1 is 1.22 bits per heavy atom. The maximum absolute atomic E-state index is 5.41. The van der Waals surface area contributed by atoms with Crippen LogP contribution in [-0.2, 0) is 0 Å². The van der Waals surface area contributed by atoms with Gasteiger partial charge in [0.1, 0.15) is 8.11 Å². The fourth-order valence-electron chi connectivity index (χ4n) is 0. The van der Waals surface area contributed by atoms with Crippen LogP contribution in [0.2, 0.25) is 16.5 Å². The quantitative estimate of drug-likeness (QED) is 0.469. The van der Waals surface area contributed by atoms with Gasteiger partial charge >= 0.3 is 46.7 Å². The fraction of sp³-hybridized carbons (Fsp3) is 1.00. The first-order valence-corrected chi connectivity index (χ1v) is 8.61. The smallest absolute Gasteiger partial charge is 0.134 e. The molecule has 0 fully saturated rings. The molecule has 0 aromatic heterocycles. The van der Waals surface area contributed by atoms with Gasteiger partial charge in [-0.15, -0.1) is 0 Å². The van der Waals surface area contributed by atoms with Crippen LogP contribution in [0.4, 0.5) is 0 Å². The Labute approximate surface area is 78.8 Å². The van der Waals surface area contributed by atoms with Gasteiger partial charge in [-0.25, -0.2) is 0 Å². The summed E-state index contributed by atoms with van der Waals surface area (Å²) in [6.45, 7) is 10.8. The average molecular weight is 270 g/mol. The molecule has 0 aromatic carbocycles. The van der Waals surface area contributed by atoms with Crippen molar-refractivity contribution >= 4 is 41.7 Å². The summed E-state index contributed by atoms with van der Waals surface area (Å²) in [6.07, 6.45) is 0. The van der Waals surface area contributed by atoms with Crippen LogP contribution in [0.15, 0.2) is 0 Å². The van der Waals surface area contributed by atoms with Crippen LogP contribution in [0.25, 0.3) is 0 Å². The minimum Gasteiger partial charge on any atom is -0.172 e. The zero-order valence-electron chi connectivity index (χ0n) is 6.96. The van der Waals surface area contributed by atoms with Gasteiger partial charge in [0.2, 0.25) is 0 Å². The van der Waals surface area contributed by atoms with Gasteiger partial charge in [0.05, 0.1) is 0 Å². The number of rotatable bonds is 0. The molecule has 0 atom stereocenters. The van der Waals surface area contributed by atoms with Crippen molar-refractivity contribution in [1.29, 1.82) is 0 Å². The molecule has 0 unspecified atom stereocenters. The van der Waals surface area contributed by atoms with E-state index >= 15 is 0 Å². The number of hydrogen-bond acceptors (Lipinski definition) is 0. The van der Waals surface area contributed by atoms with Crippen LogP contribution in [-0.4, -0.2) is 30.6 Å². The summed E-state index contributed by atoms with van der Waals surface area (Å²) >= 11 is 7.03. The summed E-state index contributed by atoms with van der Waals surface area (Å²) in [7, 11) is -0.667. The van der Waals surface area contributed by atoms with E-state index in [0.29, 0.717) is 3.43 Å². The van der Waals surface area contributed by atoms with E-state index in [1.165, 1.54) is 0 Å². The minimum atomic E-state index is -0.667. The number of hydrogen-bond donors (Lipinski definition) is 0. The summed E-state index contributed by atoms with van der Waals surface area (Å²) in [6, 6.07) is 0. The second-order valence-electron chi connectivity index (χ2n) is 3.26. The molecule has 0 aromatic rings. The Hall–Kier alpha value is 1.31. The van der Waals surface area contributed by atoms with Crippen molar-refractivity contribution in [2.24, 2.45) is 0 Å². The van der Waals surface area contributed by atoms with Gasteiger partial charge < -0.3 is 0 Å². The first-order valence-electron chi connectivity index (χ1n) is 3.12. The molecule has 9 heavy (non-hydrogen) atoms.